The molecule has 0 aliphatic heterocycles. The van der Waals surface area contributed by atoms with Crippen LogP contribution in [0.4, 0.5) is 0 Å². The first kappa shape index (κ1) is 20.0. The molecule has 1 fully saturated rings. The van der Waals surface area contributed by atoms with Crippen LogP contribution in [-0.4, -0.2) is 10.3 Å². The van der Waals surface area contributed by atoms with Crippen molar-refractivity contribution in [3.05, 3.63) is 59.7 Å². The zero-order valence-electron chi connectivity index (χ0n) is 18.0. The largest absolute Gasteiger partial charge is 0.341 e. The second-order valence-electron chi connectivity index (χ2n) is 8.76. The average molecular weight is 418 g/mol. The van der Waals surface area contributed by atoms with E-state index in [0.29, 0.717) is 0 Å². The van der Waals surface area contributed by atoms with Crippen molar-refractivity contribution < 1.29 is 0 Å². The van der Waals surface area contributed by atoms with Crippen LogP contribution in [0.25, 0.3) is 21.8 Å². The van der Waals surface area contributed by atoms with Gasteiger partial charge in [-0.15, -0.1) is 0 Å². The summed E-state index contributed by atoms with van der Waals surface area (Å²) >= 11 is 0. The Balaban J connectivity index is 1.79. The lowest BCUT2D eigenvalue weighted by Crippen LogP contribution is -2.48. The molecule has 2 aliphatic rings. The van der Waals surface area contributed by atoms with Crippen LogP contribution in [0.5, 0.6) is 0 Å². The normalized spacial score (nSPS) is 24.2. The molecule has 2 aliphatic carbocycles. The molecule has 0 saturated heterocycles. The summed E-state index contributed by atoms with van der Waals surface area (Å²) in [5.41, 5.74) is 2.39. The van der Waals surface area contributed by atoms with Crippen molar-refractivity contribution in [3.63, 3.8) is 0 Å². The number of hydrogen-bond donors (Lipinski definition) is 1. The highest BCUT2D eigenvalue weighted by molar-refractivity contribution is 6.08. The van der Waals surface area contributed by atoms with Crippen LogP contribution < -0.4 is 0 Å². The van der Waals surface area contributed by atoms with Crippen molar-refractivity contribution in [2.45, 2.75) is 38.6 Å². The lowest BCUT2D eigenvalue weighted by atomic mass is 9.53. The summed E-state index contributed by atoms with van der Waals surface area (Å²) in [5, 5.41) is 41.3. The lowest BCUT2D eigenvalue weighted by molar-refractivity contribution is 0.320. The highest BCUT2D eigenvalue weighted by Gasteiger charge is 2.57. The molecule has 0 spiro atoms. The Bertz CT molecular complexity index is 1400. The fourth-order valence-corrected chi connectivity index (χ4v) is 5.99. The third kappa shape index (κ3) is 2.50. The molecule has 156 valence electrons. The Hall–Kier alpha value is -3.88. The summed E-state index contributed by atoms with van der Waals surface area (Å²) in [4.78, 5) is 0. The third-order valence-electron chi connectivity index (χ3n) is 7.40. The number of para-hydroxylation sites is 1. The predicted molar refractivity (Wildman–Crippen MR) is 124 cm³/mol. The first-order valence-corrected chi connectivity index (χ1v) is 11.1. The molecule has 0 amide bonds. The number of benzene rings is 2. The molecule has 5 heteroatoms. The van der Waals surface area contributed by atoms with Gasteiger partial charge in [-0.3, -0.25) is 0 Å². The highest BCUT2D eigenvalue weighted by atomic mass is 15.0. The summed E-state index contributed by atoms with van der Waals surface area (Å²) < 4.78 is 2.27. The number of allylic oxidation sites excluding steroid dienone is 2. The molecule has 0 radical (unpaired) electrons. The molecule has 0 unspecified atom stereocenters. The molecule has 0 bridgehead atoms. The number of hydrogen-bond acceptors (Lipinski definition) is 4. The van der Waals surface area contributed by atoms with Crippen molar-refractivity contribution in [2.75, 3.05) is 0 Å². The number of fused-ring (bicyclic) bond motifs is 4. The fourth-order valence-electron chi connectivity index (χ4n) is 5.99. The van der Waals surface area contributed by atoms with Crippen molar-refractivity contribution in [1.29, 1.82) is 21.2 Å². The van der Waals surface area contributed by atoms with Gasteiger partial charge in [0.2, 0.25) is 0 Å². The molecule has 1 heterocycles. The van der Waals surface area contributed by atoms with Crippen molar-refractivity contribution in [2.24, 2.45) is 17.3 Å². The predicted octanol–water partition coefficient (Wildman–Crippen LogP) is 5.83. The molecule has 3 atom stereocenters. The topological polar surface area (TPSA) is 100 Å². The van der Waals surface area contributed by atoms with Gasteiger partial charge in [0.15, 0.2) is 5.41 Å². The first-order chi connectivity index (χ1) is 15.6. The van der Waals surface area contributed by atoms with E-state index in [4.69, 9.17) is 5.41 Å². The summed E-state index contributed by atoms with van der Waals surface area (Å²) in [7, 11) is 0. The maximum Gasteiger partial charge on any atom is 0.189 e. The number of nitrogens with zero attached hydrogens (tertiary/aromatic N) is 4. The number of aromatic nitrogens is 1. The Labute approximate surface area is 187 Å². The van der Waals surface area contributed by atoms with Gasteiger partial charge in [0, 0.05) is 34.3 Å². The van der Waals surface area contributed by atoms with Crippen LogP contribution in [-0.2, 0) is 6.54 Å². The van der Waals surface area contributed by atoms with Gasteiger partial charge in [-0.25, -0.2) is 0 Å². The second-order valence-corrected chi connectivity index (χ2v) is 8.76. The maximum atomic E-state index is 10.2. The van der Waals surface area contributed by atoms with E-state index in [0.717, 1.165) is 58.7 Å². The number of aryl methyl sites for hydroxylation is 1. The van der Waals surface area contributed by atoms with Crippen molar-refractivity contribution in [1.82, 2.24) is 4.57 Å². The van der Waals surface area contributed by atoms with E-state index in [1.807, 2.05) is 18.2 Å². The number of nitriles is 3. The first-order valence-electron chi connectivity index (χ1n) is 11.1. The van der Waals surface area contributed by atoms with E-state index in [1.54, 1.807) is 0 Å². The molecule has 1 N–H and O–H groups in total. The van der Waals surface area contributed by atoms with Gasteiger partial charge in [-0.2, -0.15) is 15.8 Å². The Morgan fingerprint density at radius 3 is 2.53 bits per heavy atom. The van der Waals surface area contributed by atoms with E-state index in [9.17, 15) is 15.8 Å². The highest BCUT2D eigenvalue weighted by Crippen LogP contribution is 2.55. The van der Waals surface area contributed by atoms with E-state index in [1.165, 1.54) is 0 Å². The monoisotopic (exact) mass is 417 g/mol. The summed E-state index contributed by atoms with van der Waals surface area (Å²) in [5.74, 6) is -1.34. The Morgan fingerprint density at radius 1 is 1.06 bits per heavy atom. The van der Waals surface area contributed by atoms with Gasteiger partial charge in [0.25, 0.3) is 0 Å². The number of nitrogens with one attached hydrogen (secondary N) is 1. The minimum absolute atomic E-state index is 0.0736. The van der Waals surface area contributed by atoms with Gasteiger partial charge in [0.1, 0.15) is 5.92 Å². The van der Waals surface area contributed by atoms with Crippen molar-refractivity contribution in [3.8, 4) is 18.2 Å². The number of rotatable bonds is 2. The molecular formula is C27H23N5. The molecule has 2 aromatic carbocycles. The maximum absolute atomic E-state index is 10.2. The summed E-state index contributed by atoms with van der Waals surface area (Å²) in [6, 6.07) is 21.1. The molecule has 1 aromatic heterocycles. The molecule has 5 rings (SSSR count). The van der Waals surface area contributed by atoms with Crippen LogP contribution in [0, 0.1) is 56.7 Å². The second kappa shape index (κ2) is 7.37. The minimum atomic E-state index is -1.64. The zero-order chi connectivity index (χ0) is 22.5. The minimum Gasteiger partial charge on any atom is -0.341 e. The quantitative estimate of drug-likeness (QED) is 0.531. The third-order valence-corrected chi connectivity index (χ3v) is 7.40. The van der Waals surface area contributed by atoms with Crippen LogP contribution in [0.3, 0.4) is 0 Å². The lowest BCUT2D eigenvalue weighted by Gasteiger charge is -2.45. The Kier molecular flexibility index (Phi) is 4.61. The standard InChI is InChI=1S/C27H23N5/c1-2-32-23-10-6-5-8-19(23)21-13-17(11-12-24(21)32)25-20-9-4-3-7-18(20)22(14-28)26(31)27(25,15-29)16-30/h5-8,10-13,20,22,25,31H,2-4,9H2,1H3/t20-,22+,25-/m0/s1. The molecule has 5 nitrogen and oxygen atoms in total. The van der Waals surface area contributed by atoms with Gasteiger partial charge >= 0.3 is 0 Å². The van der Waals surface area contributed by atoms with Gasteiger partial charge < -0.3 is 9.98 Å². The summed E-state index contributed by atoms with van der Waals surface area (Å²) in [6.45, 7) is 2.97. The van der Waals surface area contributed by atoms with E-state index >= 15 is 0 Å². The molecule has 1 saturated carbocycles. The zero-order valence-corrected chi connectivity index (χ0v) is 18.0. The Morgan fingerprint density at radius 2 is 1.81 bits per heavy atom. The molecule has 3 aromatic rings. The van der Waals surface area contributed by atoms with E-state index in [-0.39, 0.29) is 11.6 Å². The smallest absolute Gasteiger partial charge is 0.189 e. The fraction of sp³-hybridized carbons (Fsp3) is 0.333. The van der Waals surface area contributed by atoms with Gasteiger partial charge in [-0.05, 0) is 61.4 Å². The molecule has 32 heavy (non-hydrogen) atoms. The van der Waals surface area contributed by atoms with Crippen LogP contribution in [0.1, 0.15) is 37.7 Å². The van der Waals surface area contributed by atoms with Gasteiger partial charge in [0.05, 0.1) is 23.9 Å². The van der Waals surface area contributed by atoms with Gasteiger partial charge in [-0.1, -0.05) is 30.3 Å². The van der Waals surface area contributed by atoms with Crippen LogP contribution >= 0.6 is 0 Å². The van der Waals surface area contributed by atoms with E-state index in [2.05, 4.69) is 60.0 Å². The summed E-state index contributed by atoms with van der Waals surface area (Å²) in [6.07, 6.45) is 4.73. The van der Waals surface area contributed by atoms with Crippen LogP contribution in [0.15, 0.2) is 54.1 Å². The van der Waals surface area contributed by atoms with E-state index < -0.39 is 17.3 Å². The van der Waals surface area contributed by atoms with Crippen LogP contribution in [0.2, 0.25) is 0 Å². The SMILES string of the molecule is CCn1c2ccccc2c2cc([C@H]3[C@H]4CCCC=C4[C@@H](C#N)C(=N)C3(C#N)C#N)ccc21. The average Bonchev–Trinajstić information content (AvgIpc) is 3.16. The van der Waals surface area contributed by atoms with Crippen molar-refractivity contribution >= 4 is 27.5 Å². The molecular weight excluding hydrogens is 394 g/mol.